The molecular weight excluding hydrogens is 356 g/mol. The minimum absolute atomic E-state index is 0.0819. The lowest BCUT2D eigenvalue weighted by Crippen LogP contribution is -2.33. The first-order valence-electron chi connectivity index (χ1n) is 9.56. The third kappa shape index (κ3) is 3.63. The molecule has 3 amide bonds. The maximum atomic E-state index is 12.9. The molecule has 0 aromatic heterocycles. The monoisotopic (exact) mass is 380 g/mol. The van der Waals surface area contributed by atoms with Gasteiger partial charge in [-0.05, 0) is 62.2 Å². The summed E-state index contributed by atoms with van der Waals surface area (Å²) >= 11 is 0. The van der Waals surface area contributed by atoms with Crippen LogP contribution in [0.15, 0.2) is 42.5 Å². The van der Waals surface area contributed by atoms with Gasteiger partial charge in [0.1, 0.15) is 5.75 Å². The van der Waals surface area contributed by atoms with Crippen molar-refractivity contribution in [2.45, 2.75) is 39.7 Å². The summed E-state index contributed by atoms with van der Waals surface area (Å²) < 4.78 is 5.40. The van der Waals surface area contributed by atoms with Gasteiger partial charge in [-0.2, -0.15) is 0 Å². The Morgan fingerprint density at radius 3 is 2.21 bits per heavy atom. The molecule has 3 rings (SSSR count). The molecule has 1 heterocycles. The van der Waals surface area contributed by atoms with E-state index in [1.54, 1.807) is 36.4 Å². The minimum Gasteiger partial charge on any atom is -0.494 e. The van der Waals surface area contributed by atoms with Gasteiger partial charge >= 0.3 is 0 Å². The Kier molecular flexibility index (Phi) is 5.78. The summed E-state index contributed by atoms with van der Waals surface area (Å²) in [7, 11) is 0. The molecule has 0 atom stereocenters. The quantitative estimate of drug-likeness (QED) is 0.741. The summed E-state index contributed by atoms with van der Waals surface area (Å²) in [5.74, 6) is -0.392. The number of amides is 3. The lowest BCUT2D eigenvalue weighted by atomic mass is 10.0. The predicted molar refractivity (Wildman–Crippen MR) is 107 cm³/mol. The number of ether oxygens (including phenoxy) is 1. The number of hydrogen-bond donors (Lipinski definition) is 1. The standard InChI is InChI=1S/C22H24N2O4/c1-4-15(5-2)23-20(25)14-7-12-18-19(13-14)22(27)24(21(18)26)16-8-10-17(11-9-16)28-6-3/h7-13,15H,4-6H2,1-3H3,(H,23,25). The van der Waals surface area contributed by atoms with Crippen molar-refractivity contribution in [3.8, 4) is 5.75 Å². The van der Waals surface area contributed by atoms with Gasteiger partial charge in [-0.1, -0.05) is 13.8 Å². The van der Waals surface area contributed by atoms with E-state index in [-0.39, 0.29) is 17.5 Å². The molecule has 1 N–H and O–H groups in total. The van der Waals surface area contributed by atoms with Crippen molar-refractivity contribution in [1.82, 2.24) is 5.32 Å². The number of imide groups is 1. The van der Waals surface area contributed by atoms with Gasteiger partial charge in [-0.25, -0.2) is 4.90 Å². The highest BCUT2D eigenvalue weighted by Crippen LogP contribution is 2.30. The number of anilines is 1. The van der Waals surface area contributed by atoms with E-state index in [9.17, 15) is 14.4 Å². The summed E-state index contributed by atoms with van der Waals surface area (Å²) in [5, 5.41) is 2.95. The summed E-state index contributed by atoms with van der Waals surface area (Å²) in [5.41, 5.74) is 1.40. The molecule has 0 spiro atoms. The van der Waals surface area contributed by atoms with Crippen molar-refractivity contribution >= 4 is 23.4 Å². The Morgan fingerprint density at radius 2 is 1.61 bits per heavy atom. The molecule has 2 aromatic carbocycles. The SMILES string of the molecule is CCOc1ccc(N2C(=O)c3ccc(C(=O)NC(CC)CC)cc3C2=O)cc1. The molecule has 0 radical (unpaired) electrons. The average molecular weight is 380 g/mol. The van der Waals surface area contributed by atoms with E-state index >= 15 is 0 Å². The summed E-state index contributed by atoms with van der Waals surface area (Å²) in [6.07, 6.45) is 1.66. The smallest absolute Gasteiger partial charge is 0.266 e. The van der Waals surface area contributed by atoms with E-state index in [1.807, 2.05) is 20.8 Å². The number of hydrogen-bond acceptors (Lipinski definition) is 4. The fourth-order valence-corrected chi connectivity index (χ4v) is 3.24. The van der Waals surface area contributed by atoms with Crippen LogP contribution in [0.4, 0.5) is 5.69 Å². The van der Waals surface area contributed by atoms with Gasteiger partial charge in [0, 0.05) is 11.6 Å². The average Bonchev–Trinajstić information content (AvgIpc) is 2.97. The predicted octanol–water partition coefficient (Wildman–Crippen LogP) is 3.80. The van der Waals surface area contributed by atoms with E-state index in [2.05, 4.69) is 5.32 Å². The topological polar surface area (TPSA) is 75.7 Å². The van der Waals surface area contributed by atoms with E-state index < -0.39 is 11.8 Å². The molecule has 2 aromatic rings. The van der Waals surface area contributed by atoms with Crippen molar-refractivity contribution in [1.29, 1.82) is 0 Å². The maximum absolute atomic E-state index is 12.9. The van der Waals surface area contributed by atoms with Crippen LogP contribution in [0.2, 0.25) is 0 Å². The molecule has 1 aliphatic rings. The van der Waals surface area contributed by atoms with E-state index in [1.165, 1.54) is 6.07 Å². The van der Waals surface area contributed by atoms with Crippen LogP contribution in [0.5, 0.6) is 5.75 Å². The van der Waals surface area contributed by atoms with Gasteiger partial charge in [0.25, 0.3) is 17.7 Å². The fraction of sp³-hybridized carbons (Fsp3) is 0.318. The molecule has 28 heavy (non-hydrogen) atoms. The van der Waals surface area contributed by atoms with Gasteiger partial charge < -0.3 is 10.1 Å². The van der Waals surface area contributed by atoms with Crippen LogP contribution in [0.3, 0.4) is 0 Å². The highest BCUT2D eigenvalue weighted by atomic mass is 16.5. The van der Waals surface area contributed by atoms with Gasteiger partial charge in [0.05, 0.1) is 23.4 Å². The van der Waals surface area contributed by atoms with Crippen molar-refractivity contribution < 1.29 is 19.1 Å². The second kappa shape index (κ2) is 8.25. The molecule has 6 heteroatoms. The van der Waals surface area contributed by atoms with Crippen LogP contribution < -0.4 is 15.0 Å². The molecule has 146 valence electrons. The fourth-order valence-electron chi connectivity index (χ4n) is 3.24. The number of nitrogens with one attached hydrogen (secondary N) is 1. The van der Waals surface area contributed by atoms with Crippen LogP contribution in [0.25, 0.3) is 0 Å². The van der Waals surface area contributed by atoms with Crippen molar-refractivity contribution in [3.05, 3.63) is 59.2 Å². The molecule has 0 aliphatic carbocycles. The zero-order chi connectivity index (χ0) is 20.3. The minimum atomic E-state index is -0.429. The number of benzene rings is 2. The molecule has 0 saturated carbocycles. The first-order chi connectivity index (χ1) is 13.5. The number of nitrogens with zero attached hydrogens (tertiary/aromatic N) is 1. The highest BCUT2D eigenvalue weighted by Gasteiger charge is 2.37. The van der Waals surface area contributed by atoms with E-state index in [0.717, 1.165) is 17.7 Å². The lowest BCUT2D eigenvalue weighted by molar-refractivity contribution is 0.0920. The highest BCUT2D eigenvalue weighted by molar-refractivity contribution is 6.34. The van der Waals surface area contributed by atoms with Crippen LogP contribution in [-0.4, -0.2) is 30.4 Å². The molecule has 6 nitrogen and oxygen atoms in total. The first-order valence-corrected chi connectivity index (χ1v) is 9.56. The van der Waals surface area contributed by atoms with Crippen molar-refractivity contribution in [2.75, 3.05) is 11.5 Å². The summed E-state index contributed by atoms with van der Waals surface area (Å²) in [6.45, 7) is 6.44. The van der Waals surface area contributed by atoms with Gasteiger partial charge in [-0.15, -0.1) is 0 Å². The van der Waals surface area contributed by atoms with Crippen molar-refractivity contribution in [2.24, 2.45) is 0 Å². The van der Waals surface area contributed by atoms with Gasteiger partial charge in [0.15, 0.2) is 0 Å². The zero-order valence-electron chi connectivity index (χ0n) is 16.3. The molecule has 0 unspecified atom stereocenters. The van der Waals surface area contributed by atoms with Gasteiger partial charge in [0.2, 0.25) is 0 Å². The first kappa shape index (κ1) is 19.6. The molecule has 0 fully saturated rings. The lowest BCUT2D eigenvalue weighted by Gasteiger charge is -2.15. The Bertz CT molecular complexity index is 901. The second-order valence-electron chi connectivity index (χ2n) is 6.62. The molecule has 1 aliphatic heterocycles. The number of carbonyl (C=O) groups is 3. The van der Waals surface area contributed by atoms with Crippen LogP contribution >= 0.6 is 0 Å². The molecular formula is C22H24N2O4. The third-order valence-electron chi connectivity index (χ3n) is 4.88. The molecule has 0 saturated heterocycles. The largest absolute Gasteiger partial charge is 0.494 e. The molecule has 0 bridgehead atoms. The summed E-state index contributed by atoms with van der Waals surface area (Å²) in [6, 6.07) is 11.5. The second-order valence-corrected chi connectivity index (χ2v) is 6.62. The zero-order valence-corrected chi connectivity index (χ0v) is 16.3. The normalized spacial score (nSPS) is 13.1. The maximum Gasteiger partial charge on any atom is 0.266 e. The summed E-state index contributed by atoms with van der Waals surface area (Å²) in [4.78, 5) is 39.2. The Balaban J connectivity index is 1.86. The van der Waals surface area contributed by atoms with Crippen LogP contribution in [-0.2, 0) is 0 Å². The Hall–Kier alpha value is -3.15. The van der Waals surface area contributed by atoms with E-state index in [0.29, 0.717) is 29.2 Å². The van der Waals surface area contributed by atoms with Crippen LogP contribution in [0, 0.1) is 0 Å². The Labute approximate surface area is 164 Å². The number of rotatable bonds is 7. The van der Waals surface area contributed by atoms with Crippen LogP contribution in [0.1, 0.15) is 64.7 Å². The van der Waals surface area contributed by atoms with E-state index in [4.69, 9.17) is 4.74 Å². The van der Waals surface area contributed by atoms with Gasteiger partial charge in [-0.3, -0.25) is 14.4 Å². The van der Waals surface area contributed by atoms with Crippen molar-refractivity contribution in [3.63, 3.8) is 0 Å². The number of carbonyl (C=O) groups excluding carboxylic acids is 3. The number of fused-ring (bicyclic) bond motifs is 1. The third-order valence-corrected chi connectivity index (χ3v) is 4.88. The Morgan fingerprint density at radius 1 is 0.964 bits per heavy atom.